The highest BCUT2D eigenvalue weighted by Crippen LogP contribution is 2.25. The van der Waals surface area contributed by atoms with Gasteiger partial charge in [-0.05, 0) is 46.2 Å². The lowest BCUT2D eigenvalue weighted by Crippen LogP contribution is -2.39. The Kier molecular flexibility index (Phi) is 9.98. The second-order valence-corrected chi connectivity index (χ2v) is 7.08. The van der Waals surface area contributed by atoms with Gasteiger partial charge in [-0.25, -0.2) is 9.79 Å². The van der Waals surface area contributed by atoms with Crippen molar-refractivity contribution in [3.63, 3.8) is 0 Å². The maximum atomic E-state index is 11.6. The average Bonchev–Trinajstić information content (AvgIpc) is 2.64. The fourth-order valence-electron chi connectivity index (χ4n) is 2.29. The first kappa shape index (κ1) is 23.4. The molecule has 1 amide bonds. The highest BCUT2D eigenvalue weighted by molar-refractivity contribution is 5.79. The third-order valence-corrected chi connectivity index (χ3v) is 3.56. The lowest BCUT2D eigenvalue weighted by Gasteiger charge is -2.19. The number of hydrogen-bond donors (Lipinski definition) is 3. The van der Waals surface area contributed by atoms with Gasteiger partial charge in [0.1, 0.15) is 17.1 Å². The number of aliphatic imine (C=N–C) groups is 1. The summed E-state index contributed by atoms with van der Waals surface area (Å²) in [4.78, 5) is 16.2. The fraction of sp³-hybridized carbons (Fsp3) is 0.600. The molecule has 8 nitrogen and oxygen atoms in total. The van der Waals surface area contributed by atoms with Crippen LogP contribution in [0.15, 0.2) is 23.2 Å². The van der Waals surface area contributed by atoms with Gasteiger partial charge in [0.15, 0.2) is 5.96 Å². The Bertz CT molecular complexity index is 642. The van der Waals surface area contributed by atoms with Crippen LogP contribution < -0.4 is 25.4 Å². The summed E-state index contributed by atoms with van der Waals surface area (Å²) in [5.74, 6) is 2.19. The second-order valence-electron chi connectivity index (χ2n) is 7.08. The number of alkyl carbamates (subject to hydrolysis) is 1. The topological polar surface area (TPSA) is 93.2 Å². The zero-order valence-corrected chi connectivity index (χ0v) is 17.8. The largest absolute Gasteiger partial charge is 0.497 e. The number of guanidine groups is 1. The molecule has 1 aromatic rings. The number of benzene rings is 1. The third kappa shape index (κ3) is 9.34. The zero-order valence-electron chi connectivity index (χ0n) is 17.8. The van der Waals surface area contributed by atoms with Crippen molar-refractivity contribution in [3.05, 3.63) is 23.8 Å². The molecule has 158 valence electrons. The van der Waals surface area contributed by atoms with E-state index < -0.39 is 11.7 Å². The highest BCUT2D eigenvalue weighted by Gasteiger charge is 2.15. The molecule has 1 aromatic carbocycles. The molecule has 0 bridgehead atoms. The highest BCUT2D eigenvalue weighted by atomic mass is 16.6. The van der Waals surface area contributed by atoms with E-state index in [1.807, 2.05) is 45.9 Å². The lowest BCUT2D eigenvalue weighted by atomic mass is 10.2. The van der Waals surface area contributed by atoms with Crippen LogP contribution in [0.3, 0.4) is 0 Å². The average molecular weight is 395 g/mol. The van der Waals surface area contributed by atoms with Gasteiger partial charge in [0.25, 0.3) is 0 Å². The van der Waals surface area contributed by atoms with E-state index in [1.54, 1.807) is 14.2 Å². The number of nitrogens with one attached hydrogen (secondary N) is 3. The van der Waals surface area contributed by atoms with Gasteiger partial charge in [-0.1, -0.05) is 0 Å². The van der Waals surface area contributed by atoms with Crippen molar-refractivity contribution in [1.82, 2.24) is 16.0 Å². The lowest BCUT2D eigenvalue weighted by molar-refractivity contribution is 0.0527. The molecule has 0 atom stereocenters. The van der Waals surface area contributed by atoms with Crippen LogP contribution in [0.4, 0.5) is 4.79 Å². The van der Waals surface area contributed by atoms with E-state index >= 15 is 0 Å². The summed E-state index contributed by atoms with van der Waals surface area (Å²) in [5.41, 5.74) is 0.475. The molecule has 0 aliphatic rings. The molecule has 28 heavy (non-hydrogen) atoms. The van der Waals surface area contributed by atoms with E-state index in [-0.39, 0.29) is 0 Å². The van der Waals surface area contributed by atoms with Crippen molar-refractivity contribution in [2.45, 2.75) is 46.3 Å². The Balaban J connectivity index is 2.49. The molecule has 0 spiro atoms. The van der Waals surface area contributed by atoms with E-state index in [1.165, 1.54) is 0 Å². The number of rotatable bonds is 9. The molecular formula is C20H34N4O4. The van der Waals surface area contributed by atoms with Crippen molar-refractivity contribution in [3.8, 4) is 11.5 Å². The quantitative estimate of drug-likeness (QED) is 0.339. The summed E-state index contributed by atoms with van der Waals surface area (Å²) in [6, 6.07) is 5.67. The predicted molar refractivity (Wildman–Crippen MR) is 111 cm³/mol. The van der Waals surface area contributed by atoms with Crippen LogP contribution in [0.1, 0.15) is 39.7 Å². The summed E-state index contributed by atoms with van der Waals surface area (Å²) in [7, 11) is 3.25. The minimum atomic E-state index is -0.490. The summed E-state index contributed by atoms with van der Waals surface area (Å²) in [6.45, 7) is 9.94. The van der Waals surface area contributed by atoms with Gasteiger partial charge >= 0.3 is 6.09 Å². The third-order valence-electron chi connectivity index (χ3n) is 3.56. The Morgan fingerprint density at radius 2 is 1.79 bits per heavy atom. The van der Waals surface area contributed by atoms with Crippen molar-refractivity contribution in [1.29, 1.82) is 0 Å². The first-order valence-electron chi connectivity index (χ1n) is 9.49. The van der Waals surface area contributed by atoms with Gasteiger partial charge in [0.2, 0.25) is 0 Å². The second kappa shape index (κ2) is 11.9. The molecule has 0 aromatic heterocycles. The maximum Gasteiger partial charge on any atom is 0.407 e. The molecule has 3 N–H and O–H groups in total. The fourth-order valence-corrected chi connectivity index (χ4v) is 2.29. The van der Waals surface area contributed by atoms with Crippen molar-refractivity contribution >= 4 is 12.1 Å². The number of amides is 1. The Hall–Kier alpha value is -2.64. The number of carbonyl (C=O) groups is 1. The molecule has 0 aliphatic heterocycles. The van der Waals surface area contributed by atoms with E-state index in [0.29, 0.717) is 25.6 Å². The SMILES string of the molecule is CCNC(=NCc1ccc(OC)cc1OC)NCCCNC(=O)OC(C)(C)C. The molecular weight excluding hydrogens is 360 g/mol. The summed E-state index contributed by atoms with van der Waals surface area (Å²) in [6.07, 6.45) is 0.342. The number of hydrogen-bond acceptors (Lipinski definition) is 5. The van der Waals surface area contributed by atoms with E-state index in [4.69, 9.17) is 14.2 Å². The number of methoxy groups -OCH3 is 2. The first-order valence-corrected chi connectivity index (χ1v) is 9.49. The maximum absolute atomic E-state index is 11.6. The van der Waals surface area contributed by atoms with Crippen LogP contribution in [0.2, 0.25) is 0 Å². The van der Waals surface area contributed by atoms with Gasteiger partial charge in [-0.15, -0.1) is 0 Å². The van der Waals surface area contributed by atoms with E-state index in [0.717, 1.165) is 30.0 Å². The van der Waals surface area contributed by atoms with Crippen LogP contribution in [0.5, 0.6) is 11.5 Å². The van der Waals surface area contributed by atoms with Gasteiger partial charge in [0, 0.05) is 31.3 Å². The van der Waals surface area contributed by atoms with E-state index in [9.17, 15) is 4.79 Å². The van der Waals surface area contributed by atoms with Crippen molar-refractivity contribution in [2.75, 3.05) is 33.9 Å². The molecule has 0 heterocycles. The van der Waals surface area contributed by atoms with Crippen LogP contribution in [-0.4, -0.2) is 51.5 Å². The first-order chi connectivity index (χ1) is 13.3. The van der Waals surface area contributed by atoms with Crippen LogP contribution in [0.25, 0.3) is 0 Å². The van der Waals surface area contributed by atoms with Gasteiger partial charge in [-0.3, -0.25) is 0 Å². The Morgan fingerprint density at radius 1 is 1.07 bits per heavy atom. The molecule has 8 heteroatoms. The number of nitrogens with zero attached hydrogens (tertiary/aromatic N) is 1. The normalized spacial score (nSPS) is 11.6. The van der Waals surface area contributed by atoms with Gasteiger partial charge < -0.3 is 30.2 Å². The smallest absolute Gasteiger partial charge is 0.407 e. The van der Waals surface area contributed by atoms with Gasteiger partial charge in [-0.2, -0.15) is 0 Å². The number of ether oxygens (including phenoxy) is 3. The summed E-state index contributed by atoms with van der Waals surface area (Å²) in [5, 5.41) is 9.20. The molecule has 0 unspecified atom stereocenters. The molecule has 0 radical (unpaired) electrons. The van der Waals surface area contributed by atoms with Crippen LogP contribution >= 0.6 is 0 Å². The van der Waals surface area contributed by atoms with Crippen molar-refractivity contribution in [2.24, 2.45) is 4.99 Å². The van der Waals surface area contributed by atoms with Crippen molar-refractivity contribution < 1.29 is 19.0 Å². The molecule has 0 saturated heterocycles. The number of carbonyl (C=O) groups excluding carboxylic acids is 1. The summed E-state index contributed by atoms with van der Waals surface area (Å²) < 4.78 is 15.8. The van der Waals surface area contributed by atoms with Gasteiger partial charge in [0.05, 0.1) is 20.8 Å². The molecule has 0 fully saturated rings. The molecule has 0 aliphatic carbocycles. The molecule has 0 saturated carbocycles. The Labute approximate surface area is 168 Å². The standard InChI is InChI=1S/C20H34N4O4/c1-7-21-18(22-11-8-12-23-19(25)28-20(2,3)4)24-14-15-9-10-16(26-5)13-17(15)27-6/h9-10,13H,7-8,11-12,14H2,1-6H3,(H,23,25)(H2,21,22,24). The van der Waals surface area contributed by atoms with Crippen LogP contribution in [0, 0.1) is 0 Å². The zero-order chi connectivity index (χ0) is 21.0. The van der Waals surface area contributed by atoms with Crippen LogP contribution in [-0.2, 0) is 11.3 Å². The minimum absolute atomic E-state index is 0.403. The predicted octanol–water partition coefficient (Wildman–Crippen LogP) is 2.67. The monoisotopic (exact) mass is 394 g/mol. The molecule has 1 rings (SSSR count). The summed E-state index contributed by atoms with van der Waals surface area (Å²) >= 11 is 0. The van der Waals surface area contributed by atoms with E-state index in [2.05, 4.69) is 20.9 Å². The Morgan fingerprint density at radius 3 is 2.39 bits per heavy atom. The minimum Gasteiger partial charge on any atom is -0.497 e.